The van der Waals surface area contributed by atoms with Gasteiger partial charge in [0.1, 0.15) is 0 Å². The minimum absolute atomic E-state index is 0.291. The maximum atomic E-state index is 12.3. The van der Waals surface area contributed by atoms with Crippen LogP contribution in [0.15, 0.2) is 48.5 Å². The second-order valence-corrected chi connectivity index (χ2v) is 5.20. The lowest BCUT2D eigenvalue weighted by Crippen LogP contribution is -2.30. The SMILES string of the molecule is CCOC(=O)c1cccc(NC(=O)C(C)Oc2ccccc2OC)c1. The number of carbonyl (C=O) groups is 2. The number of methoxy groups -OCH3 is 1. The van der Waals surface area contributed by atoms with Crippen LogP contribution in [0.5, 0.6) is 11.5 Å². The Balaban J connectivity index is 2.04. The van der Waals surface area contributed by atoms with Crippen LogP contribution >= 0.6 is 0 Å². The van der Waals surface area contributed by atoms with Gasteiger partial charge in [-0.1, -0.05) is 18.2 Å². The van der Waals surface area contributed by atoms with Crippen LogP contribution in [-0.2, 0) is 9.53 Å². The molecule has 2 rings (SSSR count). The van der Waals surface area contributed by atoms with Crippen molar-refractivity contribution in [2.45, 2.75) is 20.0 Å². The molecule has 0 aliphatic carbocycles. The third-order valence-corrected chi connectivity index (χ3v) is 3.38. The summed E-state index contributed by atoms with van der Waals surface area (Å²) in [6.45, 7) is 3.66. The highest BCUT2D eigenvalue weighted by Gasteiger charge is 2.17. The summed E-state index contributed by atoms with van der Waals surface area (Å²) in [6, 6.07) is 13.6. The molecule has 1 N–H and O–H groups in total. The van der Waals surface area contributed by atoms with E-state index >= 15 is 0 Å². The van der Waals surface area contributed by atoms with Crippen LogP contribution in [0.3, 0.4) is 0 Å². The number of esters is 1. The van der Waals surface area contributed by atoms with Crippen LogP contribution in [0.25, 0.3) is 0 Å². The van der Waals surface area contributed by atoms with Crippen LogP contribution in [0.4, 0.5) is 5.69 Å². The van der Waals surface area contributed by atoms with Crippen LogP contribution in [0, 0.1) is 0 Å². The van der Waals surface area contributed by atoms with E-state index in [9.17, 15) is 9.59 Å². The van der Waals surface area contributed by atoms with Gasteiger partial charge in [0.05, 0.1) is 19.3 Å². The van der Waals surface area contributed by atoms with Gasteiger partial charge in [0.25, 0.3) is 5.91 Å². The number of benzene rings is 2. The summed E-state index contributed by atoms with van der Waals surface area (Å²) in [5, 5.41) is 2.72. The largest absolute Gasteiger partial charge is 0.493 e. The van der Waals surface area contributed by atoms with E-state index < -0.39 is 12.1 Å². The minimum Gasteiger partial charge on any atom is -0.493 e. The number of ether oxygens (including phenoxy) is 3. The summed E-state index contributed by atoms with van der Waals surface area (Å²) in [7, 11) is 1.54. The summed E-state index contributed by atoms with van der Waals surface area (Å²) < 4.78 is 15.8. The molecular formula is C19H21NO5. The molecule has 1 amide bonds. The summed E-state index contributed by atoms with van der Waals surface area (Å²) in [5.74, 6) is 0.253. The zero-order chi connectivity index (χ0) is 18.2. The Bertz CT molecular complexity index is 744. The molecule has 2 aromatic carbocycles. The predicted molar refractivity (Wildman–Crippen MR) is 94.1 cm³/mol. The zero-order valence-electron chi connectivity index (χ0n) is 14.4. The predicted octanol–water partition coefficient (Wildman–Crippen LogP) is 3.28. The monoisotopic (exact) mass is 343 g/mol. The molecule has 0 aliphatic rings. The van der Waals surface area contributed by atoms with Gasteiger partial charge in [-0.05, 0) is 44.2 Å². The van der Waals surface area contributed by atoms with Crippen molar-refractivity contribution in [1.29, 1.82) is 0 Å². The van der Waals surface area contributed by atoms with E-state index in [0.29, 0.717) is 29.4 Å². The van der Waals surface area contributed by atoms with Crippen molar-refractivity contribution in [3.63, 3.8) is 0 Å². The van der Waals surface area contributed by atoms with E-state index in [-0.39, 0.29) is 5.91 Å². The highest BCUT2D eigenvalue weighted by molar-refractivity contribution is 5.96. The van der Waals surface area contributed by atoms with Gasteiger partial charge < -0.3 is 19.5 Å². The molecule has 0 fully saturated rings. The van der Waals surface area contributed by atoms with Crippen LogP contribution < -0.4 is 14.8 Å². The molecule has 0 aromatic heterocycles. The van der Waals surface area contributed by atoms with E-state index in [2.05, 4.69) is 5.32 Å². The molecule has 2 aromatic rings. The van der Waals surface area contributed by atoms with Crippen molar-refractivity contribution in [2.75, 3.05) is 19.0 Å². The van der Waals surface area contributed by atoms with E-state index in [1.807, 2.05) is 6.07 Å². The molecule has 0 saturated heterocycles. The van der Waals surface area contributed by atoms with Gasteiger partial charge in [0, 0.05) is 5.69 Å². The van der Waals surface area contributed by atoms with Crippen molar-refractivity contribution in [2.24, 2.45) is 0 Å². The van der Waals surface area contributed by atoms with Crippen molar-refractivity contribution in [1.82, 2.24) is 0 Å². The zero-order valence-corrected chi connectivity index (χ0v) is 14.4. The van der Waals surface area contributed by atoms with Gasteiger partial charge in [0.2, 0.25) is 0 Å². The molecule has 0 saturated carbocycles. The summed E-state index contributed by atoms with van der Waals surface area (Å²) in [6.07, 6.45) is -0.748. The number of hydrogen-bond acceptors (Lipinski definition) is 5. The lowest BCUT2D eigenvalue weighted by molar-refractivity contribution is -0.122. The fourth-order valence-electron chi connectivity index (χ4n) is 2.14. The minimum atomic E-state index is -0.748. The molecule has 1 unspecified atom stereocenters. The molecule has 0 spiro atoms. The molecule has 132 valence electrons. The van der Waals surface area contributed by atoms with Crippen molar-refractivity contribution in [3.8, 4) is 11.5 Å². The van der Waals surface area contributed by atoms with Crippen molar-refractivity contribution < 1.29 is 23.8 Å². The van der Waals surface area contributed by atoms with E-state index in [4.69, 9.17) is 14.2 Å². The van der Waals surface area contributed by atoms with Gasteiger partial charge in [-0.3, -0.25) is 4.79 Å². The molecule has 25 heavy (non-hydrogen) atoms. The van der Waals surface area contributed by atoms with Gasteiger partial charge >= 0.3 is 5.97 Å². The van der Waals surface area contributed by atoms with E-state index in [1.165, 1.54) is 7.11 Å². The Hall–Kier alpha value is -3.02. The Morgan fingerprint density at radius 2 is 1.80 bits per heavy atom. The Morgan fingerprint density at radius 3 is 2.48 bits per heavy atom. The van der Waals surface area contributed by atoms with Gasteiger partial charge in [0.15, 0.2) is 17.6 Å². The summed E-state index contributed by atoms with van der Waals surface area (Å²) in [5.41, 5.74) is 0.865. The highest BCUT2D eigenvalue weighted by atomic mass is 16.5. The first kappa shape index (κ1) is 18.3. The first-order valence-corrected chi connectivity index (χ1v) is 7.93. The van der Waals surface area contributed by atoms with E-state index in [0.717, 1.165) is 0 Å². The molecule has 6 heteroatoms. The van der Waals surface area contributed by atoms with Crippen LogP contribution in [0.2, 0.25) is 0 Å². The fourth-order valence-corrected chi connectivity index (χ4v) is 2.14. The Kier molecular flexibility index (Phi) is 6.39. The lowest BCUT2D eigenvalue weighted by Gasteiger charge is -2.16. The first-order valence-electron chi connectivity index (χ1n) is 7.93. The molecule has 0 aliphatic heterocycles. The van der Waals surface area contributed by atoms with Gasteiger partial charge in [-0.2, -0.15) is 0 Å². The number of carbonyl (C=O) groups excluding carboxylic acids is 2. The van der Waals surface area contributed by atoms with Crippen LogP contribution in [-0.4, -0.2) is 31.7 Å². The maximum absolute atomic E-state index is 12.3. The van der Waals surface area contributed by atoms with E-state index in [1.54, 1.807) is 56.3 Å². The second-order valence-electron chi connectivity index (χ2n) is 5.20. The highest BCUT2D eigenvalue weighted by Crippen LogP contribution is 2.27. The quantitative estimate of drug-likeness (QED) is 0.781. The Labute approximate surface area is 146 Å². The first-order chi connectivity index (χ1) is 12.0. The average Bonchev–Trinajstić information content (AvgIpc) is 2.62. The fraction of sp³-hybridized carbons (Fsp3) is 0.263. The number of rotatable bonds is 7. The lowest BCUT2D eigenvalue weighted by atomic mass is 10.2. The number of anilines is 1. The number of hydrogen-bond donors (Lipinski definition) is 1. The standard InChI is InChI=1S/C19H21NO5/c1-4-24-19(22)14-8-7-9-15(12-14)20-18(21)13(2)25-17-11-6-5-10-16(17)23-3/h5-13H,4H2,1-3H3,(H,20,21). The van der Waals surface area contributed by atoms with Gasteiger partial charge in [-0.15, -0.1) is 0 Å². The Morgan fingerprint density at radius 1 is 1.08 bits per heavy atom. The van der Waals surface area contributed by atoms with Gasteiger partial charge in [-0.25, -0.2) is 4.79 Å². The normalized spacial score (nSPS) is 11.3. The summed E-state index contributed by atoms with van der Waals surface area (Å²) in [4.78, 5) is 24.1. The topological polar surface area (TPSA) is 73.9 Å². The molecular weight excluding hydrogens is 322 g/mol. The summed E-state index contributed by atoms with van der Waals surface area (Å²) >= 11 is 0. The van der Waals surface area contributed by atoms with Crippen molar-refractivity contribution in [3.05, 3.63) is 54.1 Å². The molecule has 6 nitrogen and oxygen atoms in total. The third-order valence-electron chi connectivity index (χ3n) is 3.38. The molecule has 0 radical (unpaired) electrons. The average molecular weight is 343 g/mol. The van der Waals surface area contributed by atoms with Crippen LogP contribution in [0.1, 0.15) is 24.2 Å². The molecule has 0 bridgehead atoms. The number of para-hydroxylation sites is 2. The number of nitrogens with one attached hydrogen (secondary N) is 1. The molecule has 0 heterocycles. The second kappa shape index (κ2) is 8.73. The maximum Gasteiger partial charge on any atom is 0.338 e. The smallest absolute Gasteiger partial charge is 0.338 e. The molecule has 1 atom stereocenters. The third kappa shape index (κ3) is 4.97. The van der Waals surface area contributed by atoms with Crippen molar-refractivity contribution >= 4 is 17.6 Å². The number of amides is 1.